The summed E-state index contributed by atoms with van der Waals surface area (Å²) in [6.07, 6.45) is -9.95. The van der Waals surface area contributed by atoms with Gasteiger partial charge in [0.2, 0.25) is 0 Å². The molecule has 0 spiro atoms. The van der Waals surface area contributed by atoms with E-state index in [9.17, 15) is 39.3 Å². The molecule has 15 heteroatoms. The minimum atomic E-state index is -2.35. The molecule has 1 aliphatic heterocycles. The summed E-state index contributed by atoms with van der Waals surface area (Å²) in [6.45, 7) is 12.0. The Bertz CT molecular complexity index is 2160. The van der Waals surface area contributed by atoms with Crippen LogP contribution in [0.25, 0.3) is 0 Å². The monoisotopic (exact) mass is 859 g/mol. The zero-order chi connectivity index (χ0) is 45.3. The Kier molecular flexibility index (Phi) is 11.6. The first-order valence-electron chi connectivity index (χ1n) is 21.2. The van der Waals surface area contributed by atoms with E-state index in [1.807, 2.05) is 0 Å². The lowest BCUT2D eigenvalue weighted by Gasteiger charge is -2.68. The third-order valence-corrected chi connectivity index (χ3v) is 14.0. The number of rotatable bonds is 10. The number of hydrogen-bond acceptors (Lipinski definition) is 14. The fourth-order valence-electron chi connectivity index (χ4n) is 10.6. The van der Waals surface area contributed by atoms with Gasteiger partial charge in [0.1, 0.15) is 29.2 Å². The van der Waals surface area contributed by atoms with Crippen LogP contribution < -0.4 is 5.32 Å². The van der Waals surface area contributed by atoms with Crippen LogP contribution in [0.5, 0.6) is 0 Å². The van der Waals surface area contributed by atoms with Crippen molar-refractivity contribution in [1.82, 2.24) is 5.32 Å². The van der Waals surface area contributed by atoms with Crippen molar-refractivity contribution in [3.63, 3.8) is 0 Å². The second kappa shape index (κ2) is 16.0. The third-order valence-electron chi connectivity index (χ3n) is 14.0. The number of ketones is 2. The summed E-state index contributed by atoms with van der Waals surface area (Å²) < 4.78 is 29.9. The number of nitrogens with one attached hydrogen (secondary N) is 1. The SMILES string of the molecule is CC(=O)O[C@H]1C(=O)[C@]2(C)[C@@H](O)C[C@H]3OC[C@@]3(C(=O)C3CC3)[C@H]2[C@H](OC(=O)c2ccccc2)[C@]2(O)C[C@H](OC(=O)[C@H](O)C(NC(=O)OC(C)(C)C)c3ccccc3)C(C)=C1C2(C)C. The van der Waals surface area contributed by atoms with E-state index in [0.717, 1.165) is 6.92 Å². The number of amides is 1. The molecular formula is C47H57NO14. The van der Waals surface area contributed by atoms with E-state index in [0.29, 0.717) is 18.4 Å². The van der Waals surface area contributed by atoms with E-state index in [4.69, 9.17) is 23.7 Å². The molecule has 5 aliphatic rings. The second-order valence-electron chi connectivity index (χ2n) is 19.3. The van der Waals surface area contributed by atoms with Gasteiger partial charge < -0.3 is 44.3 Å². The van der Waals surface area contributed by atoms with E-state index >= 15 is 4.79 Å². The summed E-state index contributed by atoms with van der Waals surface area (Å²) in [7, 11) is 0. The van der Waals surface area contributed by atoms with Gasteiger partial charge >= 0.3 is 24.0 Å². The maximum Gasteiger partial charge on any atom is 0.408 e. The number of fused-ring (bicyclic) bond motifs is 5. The van der Waals surface area contributed by atoms with Crippen LogP contribution in [0.3, 0.4) is 0 Å². The number of alkyl carbamates (subject to hydrolysis) is 1. The minimum Gasteiger partial charge on any atom is -0.456 e. The number of aliphatic hydroxyl groups excluding tert-OH is 2. The summed E-state index contributed by atoms with van der Waals surface area (Å²) in [5.74, 6) is -5.90. The molecule has 1 heterocycles. The van der Waals surface area contributed by atoms with Crippen LogP contribution in [-0.2, 0) is 42.9 Å². The highest BCUT2D eigenvalue weighted by Crippen LogP contribution is 2.67. The predicted molar refractivity (Wildman–Crippen MR) is 219 cm³/mol. The molecule has 2 aromatic carbocycles. The van der Waals surface area contributed by atoms with Crippen LogP contribution in [0, 0.1) is 28.1 Å². The summed E-state index contributed by atoms with van der Waals surface area (Å²) in [5.41, 5.74) is -7.81. The number of benzene rings is 2. The number of esters is 3. The van der Waals surface area contributed by atoms with Gasteiger partial charge in [-0.1, -0.05) is 62.4 Å². The Hall–Kier alpha value is -4.96. The molecule has 4 fully saturated rings. The highest BCUT2D eigenvalue weighted by molar-refractivity contribution is 5.98. The fraction of sp³-hybridized carbons (Fsp3) is 0.574. The topological polar surface area (TPSA) is 221 Å². The average Bonchev–Trinajstić information content (AvgIpc) is 4.05. The van der Waals surface area contributed by atoms with Gasteiger partial charge in [-0.3, -0.25) is 14.4 Å². The Morgan fingerprint density at radius 3 is 2.08 bits per heavy atom. The molecule has 1 amide bonds. The summed E-state index contributed by atoms with van der Waals surface area (Å²) in [6, 6.07) is 14.7. The molecule has 11 atom stereocenters. The number of hydrogen-bond donors (Lipinski definition) is 4. The van der Waals surface area contributed by atoms with Crippen LogP contribution in [0.2, 0.25) is 0 Å². The lowest BCUT2D eigenvalue weighted by Crippen LogP contribution is -2.80. The lowest BCUT2D eigenvalue weighted by molar-refractivity contribution is -0.307. The van der Waals surface area contributed by atoms with Crippen molar-refractivity contribution in [2.45, 2.75) is 135 Å². The lowest BCUT2D eigenvalue weighted by atomic mass is 9.41. The highest BCUT2D eigenvalue weighted by atomic mass is 16.6. The van der Waals surface area contributed by atoms with Crippen molar-refractivity contribution in [3.8, 4) is 0 Å². The predicted octanol–water partition coefficient (Wildman–Crippen LogP) is 4.49. The normalized spacial score (nSPS) is 33.4. The van der Waals surface area contributed by atoms with Crippen molar-refractivity contribution in [1.29, 1.82) is 0 Å². The maximum absolute atomic E-state index is 15.6. The van der Waals surface area contributed by atoms with E-state index in [-0.39, 0.29) is 35.5 Å². The van der Waals surface area contributed by atoms with E-state index < -0.39 is 118 Å². The van der Waals surface area contributed by atoms with Crippen molar-refractivity contribution in [2.24, 2.45) is 28.1 Å². The van der Waals surface area contributed by atoms with E-state index in [1.165, 1.54) is 26.0 Å². The minimum absolute atomic E-state index is 0.0208. The molecule has 1 unspecified atom stereocenters. The fourth-order valence-corrected chi connectivity index (χ4v) is 10.6. The molecule has 0 radical (unpaired) electrons. The number of carbonyl (C=O) groups is 6. The largest absolute Gasteiger partial charge is 0.456 e. The average molecular weight is 860 g/mol. The van der Waals surface area contributed by atoms with Gasteiger partial charge in [0.05, 0.1) is 41.3 Å². The van der Waals surface area contributed by atoms with Gasteiger partial charge in [0, 0.05) is 37.0 Å². The van der Waals surface area contributed by atoms with Crippen LogP contribution in [0.15, 0.2) is 71.8 Å². The third kappa shape index (κ3) is 7.43. The van der Waals surface area contributed by atoms with Gasteiger partial charge in [-0.15, -0.1) is 0 Å². The Labute approximate surface area is 360 Å². The summed E-state index contributed by atoms with van der Waals surface area (Å²) in [4.78, 5) is 85.1. The zero-order valence-corrected chi connectivity index (χ0v) is 36.3. The number of ether oxygens (including phenoxy) is 5. The van der Waals surface area contributed by atoms with E-state index in [2.05, 4.69) is 5.32 Å². The molecule has 2 bridgehead atoms. The number of carbonyl (C=O) groups excluding carboxylic acids is 6. The van der Waals surface area contributed by atoms with Crippen molar-refractivity contribution < 1.29 is 67.8 Å². The Morgan fingerprint density at radius 2 is 1.53 bits per heavy atom. The first kappa shape index (κ1) is 45.1. The van der Waals surface area contributed by atoms with Crippen molar-refractivity contribution in [2.75, 3.05) is 6.61 Å². The first-order valence-corrected chi connectivity index (χ1v) is 21.2. The molecule has 2 aromatic rings. The molecule has 62 heavy (non-hydrogen) atoms. The standard InChI is InChI=1S/C47H57NO14/c1-24-29(60-41(55)34(51)33(26-15-11-9-12-16-26)48-42(56)62-43(3,4)5)22-47(57)39(61-40(54)28-17-13-10-14-18-28)36-45(8,38(53)35(59-25(2)49)32(24)44(47,6)7)30(50)21-31-46(36,23-58-31)37(52)27-19-20-27/h9-18,27,29-31,33-36,39,50-51,57H,19-23H2,1-8H3,(H,48,56)/t29-,30-,31+,33?,34+,35+,36-,39-,45+,46-,47+/m0/s1. The van der Waals surface area contributed by atoms with Gasteiger partial charge in [-0.2, -0.15) is 0 Å². The van der Waals surface area contributed by atoms with Gasteiger partial charge in [0.15, 0.2) is 18.0 Å². The molecule has 3 saturated carbocycles. The van der Waals surface area contributed by atoms with Crippen LogP contribution in [-0.4, -0.2) is 105 Å². The van der Waals surface area contributed by atoms with Crippen LogP contribution in [0.1, 0.15) is 103 Å². The summed E-state index contributed by atoms with van der Waals surface area (Å²) >= 11 is 0. The molecule has 4 N–H and O–H groups in total. The molecule has 15 nitrogen and oxygen atoms in total. The zero-order valence-electron chi connectivity index (χ0n) is 36.3. The smallest absolute Gasteiger partial charge is 0.408 e. The van der Waals surface area contributed by atoms with Gasteiger partial charge in [0.25, 0.3) is 0 Å². The van der Waals surface area contributed by atoms with Crippen LogP contribution >= 0.6 is 0 Å². The van der Waals surface area contributed by atoms with Crippen LogP contribution in [0.4, 0.5) is 4.79 Å². The van der Waals surface area contributed by atoms with Crippen molar-refractivity contribution >= 4 is 35.6 Å². The highest BCUT2D eigenvalue weighted by Gasteiger charge is 2.79. The first-order chi connectivity index (χ1) is 29.0. The molecule has 334 valence electrons. The molecule has 7 rings (SSSR count). The Morgan fingerprint density at radius 1 is 0.919 bits per heavy atom. The van der Waals surface area contributed by atoms with E-state index in [1.54, 1.807) is 83.1 Å². The van der Waals surface area contributed by atoms with Gasteiger partial charge in [-0.05, 0) is 76.3 Å². The number of aliphatic hydroxyl groups is 3. The maximum atomic E-state index is 15.6. The molecular weight excluding hydrogens is 803 g/mol. The summed E-state index contributed by atoms with van der Waals surface area (Å²) in [5, 5.41) is 40.2. The molecule has 1 saturated heterocycles. The molecule has 0 aromatic heterocycles. The molecule has 4 aliphatic carbocycles. The second-order valence-corrected chi connectivity index (χ2v) is 19.3. The quantitative estimate of drug-likeness (QED) is 0.147. The van der Waals surface area contributed by atoms with Gasteiger partial charge in [-0.25, -0.2) is 14.4 Å². The van der Waals surface area contributed by atoms with Crippen molar-refractivity contribution in [3.05, 3.63) is 82.9 Å². The Balaban J connectivity index is 1.40. The number of Topliss-reactive ketones (excluding diaryl/α,β-unsaturated/α-hetero) is 2.